The van der Waals surface area contributed by atoms with Gasteiger partial charge in [-0.2, -0.15) is 0 Å². The average Bonchev–Trinajstić information content (AvgIpc) is 2.48. The largest absolute Gasteiger partial charge is 0.375 e. The lowest BCUT2D eigenvalue weighted by Gasteiger charge is -2.38. The number of benzene rings is 1. The van der Waals surface area contributed by atoms with Crippen molar-refractivity contribution in [2.75, 3.05) is 19.7 Å². The Balaban J connectivity index is 1.86. The Labute approximate surface area is 124 Å². The van der Waals surface area contributed by atoms with Crippen LogP contribution in [0.4, 0.5) is 0 Å². The summed E-state index contributed by atoms with van der Waals surface area (Å²) in [4.78, 5) is 25.0. The minimum atomic E-state index is -0.210. The van der Waals surface area contributed by atoms with E-state index in [0.717, 1.165) is 5.56 Å². The zero-order chi connectivity index (χ0) is 15.2. The van der Waals surface area contributed by atoms with Crippen molar-refractivity contribution in [2.24, 2.45) is 0 Å². The molecule has 0 atom stereocenters. The molecule has 1 aliphatic rings. The molecule has 1 saturated heterocycles. The number of hydrogen-bond acceptors (Lipinski definition) is 3. The summed E-state index contributed by atoms with van der Waals surface area (Å²) >= 11 is 0. The van der Waals surface area contributed by atoms with Gasteiger partial charge in [0.2, 0.25) is 5.91 Å². The minimum Gasteiger partial charge on any atom is -0.375 e. The molecule has 21 heavy (non-hydrogen) atoms. The Morgan fingerprint density at radius 2 is 2.05 bits per heavy atom. The first-order valence-electron chi connectivity index (χ1n) is 7.04. The molecule has 0 aromatic heterocycles. The van der Waals surface area contributed by atoms with E-state index in [9.17, 15) is 9.59 Å². The van der Waals surface area contributed by atoms with Crippen molar-refractivity contribution in [1.29, 1.82) is 0 Å². The Kier molecular flexibility index (Phi) is 5.11. The maximum atomic E-state index is 12.2. The predicted octanol–water partition coefficient (Wildman–Crippen LogP) is 1.35. The highest BCUT2D eigenvalue weighted by Crippen LogP contribution is 2.16. The van der Waals surface area contributed by atoms with E-state index in [2.05, 4.69) is 11.9 Å². The molecule has 2 amide bonds. The number of carbonyl (C=O) groups is 2. The van der Waals surface area contributed by atoms with E-state index in [0.29, 0.717) is 31.8 Å². The molecule has 0 radical (unpaired) electrons. The number of rotatable bonds is 6. The van der Waals surface area contributed by atoms with Crippen molar-refractivity contribution in [2.45, 2.75) is 19.6 Å². The molecule has 0 unspecified atom stereocenters. The third-order valence-electron chi connectivity index (χ3n) is 3.39. The lowest BCUT2D eigenvalue weighted by Crippen LogP contribution is -2.54. The van der Waals surface area contributed by atoms with Crippen LogP contribution in [-0.2, 0) is 16.1 Å². The van der Waals surface area contributed by atoms with Crippen molar-refractivity contribution in [1.82, 2.24) is 10.2 Å². The van der Waals surface area contributed by atoms with E-state index < -0.39 is 0 Å². The number of ether oxygens (including phenoxy) is 1. The number of amides is 2. The predicted molar refractivity (Wildman–Crippen MR) is 79.8 cm³/mol. The Bertz CT molecular complexity index is 519. The van der Waals surface area contributed by atoms with E-state index >= 15 is 0 Å². The monoisotopic (exact) mass is 288 g/mol. The molecule has 1 aromatic carbocycles. The fraction of sp³-hybridized carbons (Fsp3) is 0.375. The molecule has 0 aliphatic carbocycles. The van der Waals surface area contributed by atoms with Gasteiger partial charge in [-0.15, -0.1) is 0 Å². The smallest absolute Gasteiger partial charge is 0.254 e. The fourth-order valence-electron chi connectivity index (χ4n) is 2.15. The third-order valence-corrected chi connectivity index (χ3v) is 3.39. The average molecular weight is 288 g/mol. The summed E-state index contributed by atoms with van der Waals surface area (Å²) < 4.78 is 5.44. The van der Waals surface area contributed by atoms with E-state index in [4.69, 9.17) is 4.74 Å². The molecule has 0 bridgehead atoms. The zero-order valence-corrected chi connectivity index (χ0v) is 12.2. The van der Waals surface area contributed by atoms with Gasteiger partial charge >= 0.3 is 0 Å². The van der Waals surface area contributed by atoms with Crippen LogP contribution in [0.3, 0.4) is 0 Å². The van der Waals surface area contributed by atoms with Crippen LogP contribution in [-0.4, -0.2) is 42.5 Å². The SMILES string of the molecule is C=CC(=O)NCc1ccc(C(=O)N2CC(OCC)C2)cc1. The molecule has 0 spiro atoms. The highest BCUT2D eigenvalue weighted by molar-refractivity contribution is 5.94. The van der Waals surface area contributed by atoms with Gasteiger partial charge in [-0.1, -0.05) is 18.7 Å². The number of nitrogens with zero attached hydrogens (tertiary/aromatic N) is 1. The van der Waals surface area contributed by atoms with Crippen LogP contribution in [0.2, 0.25) is 0 Å². The molecule has 0 saturated carbocycles. The van der Waals surface area contributed by atoms with Gasteiger partial charge in [0.1, 0.15) is 0 Å². The summed E-state index contributed by atoms with van der Waals surface area (Å²) in [5.41, 5.74) is 1.60. The summed E-state index contributed by atoms with van der Waals surface area (Å²) in [6.07, 6.45) is 1.41. The quantitative estimate of drug-likeness (QED) is 0.804. The maximum absolute atomic E-state index is 12.2. The molecule has 5 heteroatoms. The topological polar surface area (TPSA) is 58.6 Å². The molecule has 1 heterocycles. The number of carbonyl (C=O) groups excluding carboxylic acids is 2. The molecule has 1 aliphatic heterocycles. The van der Waals surface area contributed by atoms with Gasteiger partial charge in [0.05, 0.1) is 6.10 Å². The molecule has 112 valence electrons. The molecule has 1 aromatic rings. The van der Waals surface area contributed by atoms with Gasteiger partial charge in [0, 0.05) is 31.8 Å². The van der Waals surface area contributed by atoms with Gasteiger partial charge in [-0.25, -0.2) is 0 Å². The first-order chi connectivity index (χ1) is 10.1. The van der Waals surface area contributed by atoms with Crippen molar-refractivity contribution < 1.29 is 14.3 Å². The minimum absolute atomic E-state index is 0.0210. The number of likely N-dealkylation sites (tertiary alicyclic amines) is 1. The third kappa shape index (κ3) is 3.92. The van der Waals surface area contributed by atoms with E-state index in [1.54, 1.807) is 17.0 Å². The Morgan fingerprint density at radius 1 is 1.38 bits per heavy atom. The van der Waals surface area contributed by atoms with Gasteiger partial charge in [-0.3, -0.25) is 9.59 Å². The highest BCUT2D eigenvalue weighted by atomic mass is 16.5. The fourth-order valence-corrected chi connectivity index (χ4v) is 2.15. The van der Waals surface area contributed by atoms with Gasteiger partial charge in [0.15, 0.2) is 0 Å². The van der Waals surface area contributed by atoms with Crippen LogP contribution in [0.15, 0.2) is 36.9 Å². The molecule has 1 N–H and O–H groups in total. The Morgan fingerprint density at radius 3 is 2.62 bits per heavy atom. The van der Waals surface area contributed by atoms with Crippen LogP contribution in [0.5, 0.6) is 0 Å². The van der Waals surface area contributed by atoms with E-state index in [1.807, 2.05) is 19.1 Å². The molecule has 2 rings (SSSR count). The molecule has 1 fully saturated rings. The van der Waals surface area contributed by atoms with Gasteiger partial charge in [-0.05, 0) is 30.7 Å². The van der Waals surface area contributed by atoms with E-state index in [-0.39, 0.29) is 17.9 Å². The molecule has 5 nitrogen and oxygen atoms in total. The summed E-state index contributed by atoms with van der Waals surface area (Å²) in [5, 5.41) is 2.69. The molecular weight excluding hydrogens is 268 g/mol. The first kappa shape index (κ1) is 15.3. The van der Waals surface area contributed by atoms with Crippen molar-refractivity contribution in [3.63, 3.8) is 0 Å². The van der Waals surface area contributed by atoms with Crippen molar-refractivity contribution >= 4 is 11.8 Å². The first-order valence-corrected chi connectivity index (χ1v) is 7.04. The van der Waals surface area contributed by atoms with Crippen molar-refractivity contribution in [3.05, 3.63) is 48.0 Å². The normalized spacial score (nSPS) is 14.4. The second-order valence-electron chi connectivity index (χ2n) is 4.91. The highest BCUT2D eigenvalue weighted by Gasteiger charge is 2.31. The Hall–Kier alpha value is -2.14. The van der Waals surface area contributed by atoms with Crippen LogP contribution < -0.4 is 5.32 Å². The van der Waals surface area contributed by atoms with Gasteiger partial charge < -0.3 is 15.0 Å². The maximum Gasteiger partial charge on any atom is 0.254 e. The second kappa shape index (κ2) is 7.04. The van der Waals surface area contributed by atoms with Crippen molar-refractivity contribution in [3.8, 4) is 0 Å². The van der Waals surface area contributed by atoms with Crippen LogP contribution in [0, 0.1) is 0 Å². The summed E-state index contributed by atoms with van der Waals surface area (Å²) in [6, 6.07) is 7.25. The van der Waals surface area contributed by atoms with E-state index in [1.165, 1.54) is 6.08 Å². The number of hydrogen-bond donors (Lipinski definition) is 1. The standard InChI is InChI=1S/C16H20N2O3/c1-3-15(19)17-9-12-5-7-13(8-6-12)16(20)18-10-14(11-18)21-4-2/h3,5-8,14H,1,4,9-11H2,2H3,(H,17,19). The van der Waals surface area contributed by atoms with Gasteiger partial charge in [0.25, 0.3) is 5.91 Å². The van der Waals surface area contributed by atoms with Crippen LogP contribution in [0.1, 0.15) is 22.8 Å². The summed E-state index contributed by atoms with van der Waals surface area (Å²) in [5.74, 6) is -0.190. The zero-order valence-electron chi connectivity index (χ0n) is 12.2. The second-order valence-corrected chi connectivity index (χ2v) is 4.91. The number of nitrogens with one attached hydrogen (secondary N) is 1. The summed E-state index contributed by atoms with van der Waals surface area (Å²) in [6.45, 7) is 7.76. The van der Waals surface area contributed by atoms with Crippen LogP contribution in [0.25, 0.3) is 0 Å². The summed E-state index contributed by atoms with van der Waals surface area (Å²) in [7, 11) is 0. The lowest BCUT2D eigenvalue weighted by molar-refractivity contribution is -0.116. The van der Waals surface area contributed by atoms with Crippen LogP contribution >= 0.6 is 0 Å². The molecular formula is C16H20N2O3. The lowest BCUT2D eigenvalue weighted by atomic mass is 10.1.